The van der Waals surface area contributed by atoms with E-state index < -0.39 is 54.5 Å². The van der Waals surface area contributed by atoms with E-state index in [1.165, 1.54) is 0 Å². The van der Waals surface area contributed by atoms with Crippen LogP contribution >= 0.6 is 0 Å². The second-order valence-corrected chi connectivity index (χ2v) is 10.7. The van der Waals surface area contributed by atoms with E-state index in [9.17, 15) is 29.4 Å². The number of aliphatic hydroxyl groups excluding tert-OH is 1. The van der Waals surface area contributed by atoms with Crippen molar-refractivity contribution in [3.05, 3.63) is 72.1 Å². The number of hydrogen-bond donors (Lipinski definition) is 8. The quantitative estimate of drug-likeness (QED) is 0.108. The normalized spacial score (nSPS) is 14.9. The average Bonchev–Trinajstić information content (AvgIpc) is 3.61. The first-order chi connectivity index (χ1) is 20.6. The molecule has 2 aromatic heterocycles. The molecule has 5 atom stereocenters. The van der Waals surface area contributed by atoms with Crippen molar-refractivity contribution in [3.8, 4) is 0 Å². The van der Waals surface area contributed by atoms with Gasteiger partial charge >= 0.3 is 5.97 Å². The lowest BCUT2D eigenvalue weighted by Crippen LogP contribution is -2.59. The number of nitrogens with one attached hydrogen (secondary N) is 5. The van der Waals surface area contributed by atoms with Crippen LogP contribution in [0, 0.1) is 5.92 Å². The van der Waals surface area contributed by atoms with Crippen molar-refractivity contribution < 1.29 is 29.4 Å². The minimum Gasteiger partial charge on any atom is -0.480 e. The lowest BCUT2D eigenvalue weighted by Gasteiger charge is -2.27. The lowest BCUT2D eigenvalue weighted by molar-refractivity contribution is -0.142. The first kappa shape index (κ1) is 31.3. The van der Waals surface area contributed by atoms with Crippen molar-refractivity contribution in [1.82, 2.24) is 25.9 Å². The zero-order valence-electron chi connectivity index (χ0n) is 24.1. The predicted octanol–water partition coefficient (Wildman–Crippen LogP) is 1.34. The number of rotatable bonds is 14. The molecule has 9 N–H and O–H groups in total. The molecule has 0 radical (unpaired) electrons. The molecule has 0 fully saturated rings. The SMILES string of the molecule is CCC(C)C(NC(=O)C(N)Cc1c[nH]c2ccccc12)C(=O)NC(CO)C(=O)NC(Cc1c[nH]c2ccccc12)C(=O)O. The molecular weight excluding hydrogens is 552 g/mol. The monoisotopic (exact) mass is 590 g/mol. The van der Waals surface area contributed by atoms with Crippen molar-refractivity contribution in [2.45, 2.75) is 57.3 Å². The molecule has 12 heteroatoms. The molecule has 0 saturated heterocycles. The van der Waals surface area contributed by atoms with Gasteiger partial charge in [0.15, 0.2) is 0 Å². The fourth-order valence-electron chi connectivity index (χ4n) is 5.04. The largest absolute Gasteiger partial charge is 0.480 e. The molecule has 0 spiro atoms. The van der Waals surface area contributed by atoms with E-state index in [4.69, 9.17) is 5.73 Å². The number of para-hydroxylation sites is 2. The number of aliphatic carboxylic acids is 1. The van der Waals surface area contributed by atoms with Gasteiger partial charge in [-0.2, -0.15) is 0 Å². The standard InChI is InChI=1S/C31H38N6O6/c1-3-17(2)27(37-28(39)22(32)12-18-14-33-23-10-6-4-8-20(18)23)30(41)36-26(16-38)29(40)35-25(31(42)43)13-19-15-34-24-11-7-5-9-21(19)24/h4-11,14-15,17,22,25-27,33-34,38H,3,12-13,16,32H2,1-2H3,(H,35,40)(H,36,41)(H,37,39)(H,42,43). The molecule has 0 saturated carbocycles. The highest BCUT2D eigenvalue weighted by Crippen LogP contribution is 2.20. The molecule has 0 bridgehead atoms. The lowest BCUT2D eigenvalue weighted by atomic mass is 9.97. The molecule has 228 valence electrons. The first-order valence-corrected chi connectivity index (χ1v) is 14.2. The van der Waals surface area contributed by atoms with Crippen LogP contribution in [0.15, 0.2) is 60.9 Å². The van der Waals surface area contributed by atoms with Crippen LogP contribution in [0.1, 0.15) is 31.4 Å². The number of amides is 3. The summed E-state index contributed by atoms with van der Waals surface area (Å²) in [6, 6.07) is 10.3. The average molecular weight is 591 g/mol. The van der Waals surface area contributed by atoms with Crippen molar-refractivity contribution in [2.75, 3.05) is 6.61 Å². The third-order valence-corrected chi connectivity index (χ3v) is 7.77. The van der Waals surface area contributed by atoms with E-state index in [2.05, 4.69) is 25.9 Å². The highest BCUT2D eigenvalue weighted by atomic mass is 16.4. The Kier molecular flexibility index (Phi) is 10.2. The third-order valence-electron chi connectivity index (χ3n) is 7.77. The number of carboxylic acid groups (broad SMARTS) is 1. The van der Waals surface area contributed by atoms with Crippen molar-refractivity contribution in [3.63, 3.8) is 0 Å². The van der Waals surface area contributed by atoms with Crippen LogP contribution < -0.4 is 21.7 Å². The number of aromatic nitrogens is 2. The molecule has 2 heterocycles. The zero-order chi connectivity index (χ0) is 31.1. The second-order valence-electron chi connectivity index (χ2n) is 10.7. The summed E-state index contributed by atoms with van der Waals surface area (Å²) in [6.07, 6.45) is 4.22. The second kappa shape index (κ2) is 14.0. The minimum absolute atomic E-state index is 0.0168. The first-order valence-electron chi connectivity index (χ1n) is 14.2. The Labute approximate surface area is 248 Å². The maximum absolute atomic E-state index is 13.3. The molecule has 3 amide bonds. The molecule has 4 rings (SSSR count). The van der Waals surface area contributed by atoms with E-state index in [1.807, 2.05) is 55.5 Å². The summed E-state index contributed by atoms with van der Waals surface area (Å²) >= 11 is 0. The van der Waals surface area contributed by atoms with Crippen LogP contribution in [-0.2, 0) is 32.0 Å². The van der Waals surface area contributed by atoms with E-state index in [0.29, 0.717) is 12.0 Å². The number of aromatic amines is 2. The zero-order valence-corrected chi connectivity index (χ0v) is 24.1. The Morgan fingerprint density at radius 3 is 1.86 bits per heavy atom. The summed E-state index contributed by atoms with van der Waals surface area (Å²) in [7, 11) is 0. The number of fused-ring (bicyclic) bond motifs is 2. The van der Waals surface area contributed by atoms with Gasteiger partial charge in [-0.3, -0.25) is 14.4 Å². The van der Waals surface area contributed by atoms with Crippen LogP contribution in [0.5, 0.6) is 0 Å². The molecule has 4 aromatic rings. The van der Waals surface area contributed by atoms with Gasteiger partial charge < -0.3 is 41.9 Å². The Balaban J connectivity index is 1.40. The molecule has 0 aliphatic carbocycles. The van der Waals surface area contributed by atoms with Crippen molar-refractivity contribution >= 4 is 45.5 Å². The molecule has 0 aliphatic rings. The number of hydrogen-bond acceptors (Lipinski definition) is 6. The fourth-order valence-corrected chi connectivity index (χ4v) is 5.04. The Morgan fingerprint density at radius 2 is 1.33 bits per heavy atom. The molecule has 0 aliphatic heterocycles. The Bertz CT molecular complexity index is 1600. The number of benzene rings is 2. The van der Waals surface area contributed by atoms with Gasteiger partial charge in [-0.15, -0.1) is 0 Å². The molecule has 12 nitrogen and oxygen atoms in total. The van der Waals surface area contributed by atoms with E-state index in [0.717, 1.165) is 27.4 Å². The number of nitrogens with two attached hydrogens (primary N) is 1. The van der Waals surface area contributed by atoms with Gasteiger partial charge in [0.25, 0.3) is 0 Å². The van der Waals surface area contributed by atoms with Gasteiger partial charge in [-0.05, 0) is 35.6 Å². The summed E-state index contributed by atoms with van der Waals surface area (Å²) < 4.78 is 0. The molecular formula is C31H38N6O6. The van der Waals surface area contributed by atoms with Gasteiger partial charge in [0.05, 0.1) is 12.6 Å². The number of aliphatic hydroxyl groups is 1. The van der Waals surface area contributed by atoms with Gasteiger partial charge in [-0.25, -0.2) is 4.79 Å². The number of carboxylic acids is 1. The number of H-pyrrole nitrogens is 2. The summed E-state index contributed by atoms with van der Waals surface area (Å²) in [5.41, 5.74) is 9.52. The number of carbonyl (C=O) groups excluding carboxylic acids is 3. The van der Waals surface area contributed by atoms with Crippen LogP contribution in [0.3, 0.4) is 0 Å². The summed E-state index contributed by atoms with van der Waals surface area (Å²) in [4.78, 5) is 57.6. The van der Waals surface area contributed by atoms with Gasteiger partial charge in [0, 0.05) is 40.6 Å². The molecule has 2 aromatic carbocycles. The van der Waals surface area contributed by atoms with Crippen molar-refractivity contribution in [1.29, 1.82) is 0 Å². The summed E-state index contributed by atoms with van der Waals surface area (Å²) in [5, 5.41) is 29.1. The van der Waals surface area contributed by atoms with E-state index in [1.54, 1.807) is 19.3 Å². The Morgan fingerprint density at radius 1 is 0.791 bits per heavy atom. The highest BCUT2D eigenvalue weighted by Gasteiger charge is 2.32. The highest BCUT2D eigenvalue weighted by molar-refractivity contribution is 5.95. The maximum atomic E-state index is 13.3. The third kappa shape index (κ3) is 7.40. The van der Waals surface area contributed by atoms with E-state index in [-0.39, 0.29) is 18.8 Å². The van der Waals surface area contributed by atoms with Crippen LogP contribution in [0.25, 0.3) is 21.8 Å². The van der Waals surface area contributed by atoms with Gasteiger partial charge in [0.1, 0.15) is 18.1 Å². The van der Waals surface area contributed by atoms with Crippen LogP contribution in [0.2, 0.25) is 0 Å². The number of carbonyl (C=O) groups is 4. The Hall–Kier alpha value is -4.68. The van der Waals surface area contributed by atoms with Gasteiger partial charge in [0.2, 0.25) is 17.7 Å². The summed E-state index contributed by atoms with van der Waals surface area (Å²) in [5.74, 6) is -3.70. The predicted molar refractivity (Wildman–Crippen MR) is 162 cm³/mol. The topological polar surface area (TPSA) is 202 Å². The molecule has 5 unspecified atom stereocenters. The van der Waals surface area contributed by atoms with Crippen molar-refractivity contribution in [2.24, 2.45) is 11.7 Å². The smallest absolute Gasteiger partial charge is 0.326 e. The maximum Gasteiger partial charge on any atom is 0.326 e. The minimum atomic E-state index is -1.44. The van der Waals surface area contributed by atoms with Crippen LogP contribution in [0.4, 0.5) is 0 Å². The summed E-state index contributed by atoms with van der Waals surface area (Å²) in [6.45, 7) is 2.84. The molecule has 43 heavy (non-hydrogen) atoms. The van der Waals surface area contributed by atoms with Gasteiger partial charge in [-0.1, -0.05) is 56.7 Å². The fraction of sp³-hybridized carbons (Fsp3) is 0.355. The van der Waals surface area contributed by atoms with E-state index >= 15 is 0 Å². The van der Waals surface area contributed by atoms with Crippen LogP contribution in [-0.4, -0.2) is 74.6 Å².